The standard InChI is InChI=1S/C24H30N2O3/c1-25-22(19-13-7-5-8-14-19)23(20-15-9-6-10-16-20)26(24(25)29)18-12-4-2-3-11-17-21(27)28/h5-10,13-16,22-23H,2-4,11-12,17-18H2,1H3,(H,27,28). The molecule has 29 heavy (non-hydrogen) atoms. The van der Waals surface area contributed by atoms with Gasteiger partial charge in [0.1, 0.15) is 0 Å². The van der Waals surface area contributed by atoms with Crippen LogP contribution in [-0.4, -0.2) is 40.5 Å². The second kappa shape index (κ2) is 10.1. The third-order valence-corrected chi connectivity index (χ3v) is 5.67. The number of carboxylic acids is 1. The molecule has 0 aliphatic carbocycles. The molecule has 2 unspecified atom stereocenters. The molecule has 1 aliphatic heterocycles. The van der Waals surface area contributed by atoms with Crippen LogP contribution in [0.15, 0.2) is 60.7 Å². The highest BCUT2D eigenvalue weighted by Gasteiger charge is 2.44. The Balaban J connectivity index is 1.69. The molecule has 2 aromatic rings. The summed E-state index contributed by atoms with van der Waals surface area (Å²) in [5.41, 5.74) is 2.30. The number of likely N-dealkylation sites (N-methyl/N-ethyl adjacent to an activating group) is 1. The van der Waals surface area contributed by atoms with Crippen LogP contribution >= 0.6 is 0 Å². The maximum atomic E-state index is 13.1. The van der Waals surface area contributed by atoms with Gasteiger partial charge in [-0.3, -0.25) is 4.79 Å². The summed E-state index contributed by atoms with van der Waals surface area (Å²) in [5, 5.41) is 8.72. The van der Waals surface area contributed by atoms with Gasteiger partial charge in [0.05, 0.1) is 12.1 Å². The van der Waals surface area contributed by atoms with Gasteiger partial charge in [-0.2, -0.15) is 0 Å². The van der Waals surface area contributed by atoms with Gasteiger partial charge in [-0.05, 0) is 24.0 Å². The number of hydrogen-bond donors (Lipinski definition) is 1. The number of unbranched alkanes of at least 4 members (excludes halogenated alkanes) is 4. The minimum absolute atomic E-state index is 0.0110. The van der Waals surface area contributed by atoms with Crippen molar-refractivity contribution in [1.29, 1.82) is 0 Å². The molecule has 0 bridgehead atoms. The van der Waals surface area contributed by atoms with E-state index in [0.29, 0.717) is 6.54 Å². The van der Waals surface area contributed by atoms with Crippen molar-refractivity contribution >= 4 is 12.0 Å². The first kappa shape index (κ1) is 20.9. The van der Waals surface area contributed by atoms with Crippen LogP contribution in [0, 0.1) is 0 Å². The van der Waals surface area contributed by atoms with Crippen LogP contribution in [0.1, 0.15) is 61.7 Å². The summed E-state index contributed by atoms with van der Waals surface area (Å²) in [6.07, 6.45) is 4.83. The van der Waals surface area contributed by atoms with E-state index in [1.807, 2.05) is 53.2 Å². The van der Waals surface area contributed by atoms with Gasteiger partial charge in [-0.1, -0.05) is 79.9 Å². The lowest BCUT2D eigenvalue weighted by molar-refractivity contribution is -0.137. The van der Waals surface area contributed by atoms with Crippen LogP contribution in [0.25, 0.3) is 0 Å². The summed E-state index contributed by atoms with van der Waals surface area (Å²) in [4.78, 5) is 27.6. The summed E-state index contributed by atoms with van der Waals surface area (Å²) in [5.74, 6) is -0.728. The molecule has 1 saturated heterocycles. The summed E-state index contributed by atoms with van der Waals surface area (Å²) in [6, 6.07) is 20.5. The Hall–Kier alpha value is -2.82. The zero-order valence-electron chi connectivity index (χ0n) is 17.0. The van der Waals surface area contributed by atoms with Gasteiger partial charge < -0.3 is 14.9 Å². The van der Waals surface area contributed by atoms with Crippen molar-refractivity contribution in [2.45, 2.75) is 50.6 Å². The average Bonchev–Trinajstić information content (AvgIpc) is 2.99. The highest BCUT2D eigenvalue weighted by Crippen LogP contribution is 2.44. The van der Waals surface area contributed by atoms with Gasteiger partial charge in [0.15, 0.2) is 0 Å². The summed E-state index contributed by atoms with van der Waals surface area (Å²) in [6.45, 7) is 0.713. The van der Waals surface area contributed by atoms with Gasteiger partial charge in [-0.15, -0.1) is 0 Å². The van der Waals surface area contributed by atoms with E-state index in [9.17, 15) is 9.59 Å². The number of carbonyl (C=O) groups excluding carboxylic acids is 1. The van der Waals surface area contributed by atoms with E-state index < -0.39 is 5.97 Å². The van der Waals surface area contributed by atoms with Crippen LogP contribution in [0.2, 0.25) is 0 Å². The van der Waals surface area contributed by atoms with E-state index in [2.05, 4.69) is 24.3 Å². The smallest absolute Gasteiger partial charge is 0.320 e. The van der Waals surface area contributed by atoms with Crippen molar-refractivity contribution in [2.24, 2.45) is 0 Å². The van der Waals surface area contributed by atoms with Crippen molar-refractivity contribution in [2.75, 3.05) is 13.6 Å². The van der Waals surface area contributed by atoms with E-state index in [4.69, 9.17) is 5.11 Å². The number of urea groups is 1. The van der Waals surface area contributed by atoms with Crippen molar-refractivity contribution in [3.05, 3.63) is 71.8 Å². The Morgan fingerprint density at radius 3 is 1.93 bits per heavy atom. The van der Waals surface area contributed by atoms with Gasteiger partial charge in [0.2, 0.25) is 0 Å². The Bertz CT molecular complexity index is 794. The second-order valence-electron chi connectivity index (χ2n) is 7.71. The van der Waals surface area contributed by atoms with Gasteiger partial charge in [0.25, 0.3) is 0 Å². The van der Waals surface area contributed by atoms with E-state index in [1.165, 1.54) is 0 Å². The topological polar surface area (TPSA) is 60.9 Å². The van der Waals surface area contributed by atoms with Crippen LogP contribution in [0.3, 0.4) is 0 Å². The molecule has 2 aromatic carbocycles. The number of amides is 2. The number of aliphatic carboxylic acids is 1. The number of hydrogen-bond acceptors (Lipinski definition) is 2. The predicted octanol–water partition coefficient (Wildman–Crippen LogP) is 5.26. The maximum Gasteiger partial charge on any atom is 0.320 e. The third-order valence-electron chi connectivity index (χ3n) is 5.67. The van der Waals surface area contributed by atoms with Crippen LogP contribution < -0.4 is 0 Å². The zero-order chi connectivity index (χ0) is 20.6. The lowest BCUT2D eigenvalue weighted by Gasteiger charge is -2.28. The Kier molecular flexibility index (Phi) is 7.28. The number of carboxylic acid groups (broad SMARTS) is 1. The molecule has 0 saturated carbocycles. The van der Waals surface area contributed by atoms with Gasteiger partial charge >= 0.3 is 12.0 Å². The normalized spacial score (nSPS) is 19.0. The third kappa shape index (κ3) is 5.17. The molecule has 5 heteroatoms. The van der Waals surface area contributed by atoms with Gasteiger partial charge in [0, 0.05) is 20.0 Å². The summed E-state index contributed by atoms with van der Waals surface area (Å²) >= 11 is 0. The molecule has 1 N–H and O–H groups in total. The van der Waals surface area contributed by atoms with Crippen molar-refractivity contribution in [1.82, 2.24) is 9.80 Å². The molecule has 1 fully saturated rings. The highest BCUT2D eigenvalue weighted by molar-refractivity contribution is 5.78. The van der Waals surface area contributed by atoms with Crippen LogP contribution in [-0.2, 0) is 4.79 Å². The number of nitrogens with zero attached hydrogens (tertiary/aromatic N) is 2. The molecule has 0 spiro atoms. The molecule has 154 valence electrons. The average molecular weight is 395 g/mol. The molecule has 2 amide bonds. The van der Waals surface area contributed by atoms with Crippen molar-refractivity contribution < 1.29 is 14.7 Å². The van der Waals surface area contributed by atoms with E-state index >= 15 is 0 Å². The zero-order valence-corrected chi connectivity index (χ0v) is 17.0. The molecule has 0 aromatic heterocycles. The fraction of sp³-hybridized carbons (Fsp3) is 0.417. The van der Waals surface area contributed by atoms with Crippen LogP contribution in [0.4, 0.5) is 4.79 Å². The number of rotatable bonds is 10. The number of carbonyl (C=O) groups is 2. The minimum Gasteiger partial charge on any atom is -0.481 e. The molecule has 0 radical (unpaired) electrons. The molecule has 1 heterocycles. The number of benzene rings is 2. The summed E-state index contributed by atoms with van der Waals surface area (Å²) in [7, 11) is 1.89. The molecule has 5 nitrogen and oxygen atoms in total. The van der Waals surface area contributed by atoms with E-state index in [0.717, 1.165) is 43.2 Å². The van der Waals surface area contributed by atoms with Crippen molar-refractivity contribution in [3.8, 4) is 0 Å². The van der Waals surface area contributed by atoms with Crippen LogP contribution in [0.5, 0.6) is 0 Å². The SMILES string of the molecule is CN1C(=O)N(CCCCCCCC(=O)O)C(c2ccccc2)C1c1ccccc1. The van der Waals surface area contributed by atoms with Crippen molar-refractivity contribution in [3.63, 3.8) is 0 Å². The fourth-order valence-electron chi connectivity index (χ4n) is 4.21. The predicted molar refractivity (Wildman–Crippen MR) is 114 cm³/mol. The van der Waals surface area contributed by atoms with E-state index in [-0.39, 0.29) is 24.5 Å². The maximum absolute atomic E-state index is 13.1. The largest absolute Gasteiger partial charge is 0.481 e. The quantitative estimate of drug-likeness (QED) is 0.559. The molecular weight excluding hydrogens is 364 g/mol. The molecule has 2 atom stereocenters. The Labute approximate surface area is 172 Å². The Morgan fingerprint density at radius 2 is 1.34 bits per heavy atom. The minimum atomic E-state index is -0.728. The monoisotopic (exact) mass is 394 g/mol. The Morgan fingerprint density at radius 1 is 0.828 bits per heavy atom. The first-order valence-corrected chi connectivity index (χ1v) is 10.4. The molecule has 1 aliphatic rings. The fourth-order valence-corrected chi connectivity index (χ4v) is 4.21. The molecular formula is C24H30N2O3. The first-order valence-electron chi connectivity index (χ1n) is 10.4. The summed E-state index contributed by atoms with van der Waals surface area (Å²) < 4.78 is 0. The lowest BCUT2D eigenvalue weighted by atomic mass is 9.93. The lowest BCUT2D eigenvalue weighted by Crippen LogP contribution is -2.31. The highest BCUT2D eigenvalue weighted by atomic mass is 16.4. The molecule has 3 rings (SSSR count). The van der Waals surface area contributed by atoms with E-state index in [1.54, 1.807) is 0 Å². The second-order valence-corrected chi connectivity index (χ2v) is 7.71. The first-order chi connectivity index (χ1) is 14.1. The van der Waals surface area contributed by atoms with Gasteiger partial charge in [-0.25, -0.2) is 4.79 Å².